The van der Waals surface area contributed by atoms with E-state index in [0.717, 1.165) is 15.8 Å². The largest absolute Gasteiger partial charge is 0.465 e. The average molecular weight is 455 g/mol. The zero-order chi connectivity index (χ0) is 15.6. The summed E-state index contributed by atoms with van der Waals surface area (Å²) in [4.78, 5) is 11.8. The minimum atomic E-state index is -3.81. The van der Waals surface area contributed by atoms with Crippen molar-refractivity contribution >= 4 is 64.9 Å². The highest BCUT2D eigenvalue weighted by Gasteiger charge is 2.22. The van der Waals surface area contributed by atoms with Crippen molar-refractivity contribution in [2.45, 2.75) is 4.90 Å². The predicted octanol–water partition coefficient (Wildman–Crippen LogP) is 3.86. The van der Waals surface area contributed by atoms with Gasteiger partial charge in [-0.2, -0.15) is 0 Å². The van der Waals surface area contributed by atoms with Gasteiger partial charge in [-0.25, -0.2) is 13.2 Å². The number of halogens is 2. The van der Waals surface area contributed by atoms with E-state index in [0.29, 0.717) is 4.47 Å². The van der Waals surface area contributed by atoms with Crippen molar-refractivity contribution < 1.29 is 17.9 Å². The summed E-state index contributed by atoms with van der Waals surface area (Å²) in [5.41, 5.74) is 0.196. The fraction of sp³-hybridized carbons (Fsp3) is 0.0833. The fourth-order valence-electron chi connectivity index (χ4n) is 1.53. The first-order valence-corrected chi connectivity index (χ1v) is 9.43. The third-order valence-electron chi connectivity index (χ3n) is 2.46. The van der Waals surface area contributed by atoms with E-state index in [1.54, 1.807) is 17.5 Å². The molecule has 0 fully saturated rings. The number of anilines is 1. The summed E-state index contributed by atoms with van der Waals surface area (Å²) in [7, 11) is -2.57. The first kappa shape index (κ1) is 16.5. The maximum absolute atomic E-state index is 12.4. The zero-order valence-corrected chi connectivity index (χ0v) is 15.4. The highest BCUT2D eigenvalue weighted by Crippen LogP contribution is 2.30. The van der Waals surface area contributed by atoms with Gasteiger partial charge in [-0.1, -0.05) is 15.9 Å². The molecule has 2 aromatic rings. The van der Waals surface area contributed by atoms with E-state index < -0.39 is 16.0 Å². The zero-order valence-electron chi connectivity index (χ0n) is 10.6. The number of esters is 1. The van der Waals surface area contributed by atoms with Gasteiger partial charge in [0, 0.05) is 8.95 Å². The van der Waals surface area contributed by atoms with Gasteiger partial charge < -0.3 is 4.74 Å². The first-order valence-electron chi connectivity index (χ1n) is 5.49. The molecule has 0 aliphatic heterocycles. The molecule has 1 aromatic heterocycles. The van der Waals surface area contributed by atoms with E-state index in [1.807, 2.05) is 0 Å². The van der Waals surface area contributed by atoms with Crippen LogP contribution in [0.1, 0.15) is 9.67 Å². The van der Waals surface area contributed by atoms with Gasteiger partial charge in [0.05, 0.1) is 12.8 Å². The molecule has 0 spiro atoms. The van der Waals surface area contributed by atoms with Crippen LogP contribution >= 0.6 is 43.2 Å². The van der Waals surface area contributed by atoms with Gasteiger partial charge in [-0.05, 0) is 45.6 Å². The Bertz CT molecular complexity index is 786. The van der Waals surface area contributed by atoms with Crippen LogP contribution in [0.3, 0.4) is 0 Å². The molecule has 1 heterocycles. The number of benzene rings is 1. The van der Waals surface area contributed by atoms with Crippen molar-refractivity contribution in [2.75, 3.05) is 11.8 Å². The van der Waals surface area contributed by atoms with Gasteiger partial charge in [0.25, 0.3) is 10.0 Å². The van der Waals surface area contributed by atoms with E-state index in [4.69, 9.17) is 0 Å². The summed E-state index contributed by atoms with van der Waals surface area (Å²) in [5, 5.41) is 1.61. The number of ether oxygens (including phenoxy) is 1. The number of hydrogen-bond acceptors (Lipinski definition) is 5. The van der Waals surface area contributed by atoms with Crippen LogP contribution in [-0.2, 0) is 14.8 Å². The van der Waals surface area contributed by atoms with E-state index >= 15 is 0 Å². The molecular formula is C12H9Br2NO4S2. The van der Waals surface area contributed by atoms with Crippen LogP contribution in [-0.4, -0.2) is 21.5 Å². The maximum atomic E-state index is 12.4. The lowest BCUT2D eigenvalue weighted by molar-refractivity contribution is 0.0607. The number of hydrogen-bond donors (Lipinski definition) is 1. The van der Waals surface area contributed by atoms with Gasteiger partial charge in [0.15, 0.2) is 0 Å². The third-order valence-corrected chi connectivity index (χ3v) is 6.19. The lowest BCUT2D eigenvalue weighted by Gasteiger charge is -2.10. The first-order chi connectivity index (χ1) is 9.85. The molecule has 112 valence electrons. The number of rotatable bonds is 4. The number of methoxy groups -OCH3 is 1. The van der Waals surface area contributed by atoms with Gasteiger partial charge in [-0.3, -0.25) is 4.72 Å². The van der Waals surface area contributed by atoms with Crippen molar-refractivity contribution in [1.29, 1.82) is 0 Å². The highest BCUT2D eigenvalue weighted by molar-refractivity contribution is 9.11. The van der Waals surface area contributed by atoms with Crippen molar-refractivity contribution in [3.8, 4) is 0 Å². The van der Waals surface area contributed by atoms with E-state index in [-0.39, 0.29) is 15.5 Å². The quantitative estimate of drug-likeness (QED) is 0.712. The number of sulfonamides is 1. The summed E-state index contributed by atoms with van der Waals surface area (Å²) >= 11 is 7.57. The van der Waals surface area contributed by atoms with E-state index in [1.165, 1.54) is 19.2 Å². The summed E-state index contributed by atoms with van der Waals surface area (Å²) in [6, 6.07) is 6.22. The Balaban J connectivity index is 2.38. The number of nitrogens with one attached hydrogen (secondary N) is 1. The Morgan fingerprint density at radius 2 is 2.00 bits per heavy atom. The standard InChI is InChI=1S/C12H9Br2NO4S2/c1-19-12(16)11-9(4-5-20-11)15-21(17,18)10-3-2-7(13)6-8(10)14/h2-6,15H,1H3. The average Bonchev–Trinajstić information content (AvgIpc) is 2.84. The molecule has 9 heteroatoms. The molecule has 0 bridgehead atoms. The van der Waals surface area contributed by atoms with Crippen LogP contribution in [0.2, 0.25) is 0 Å². The van der Waals surface area contributed by atoms with Gasteiger partial charge >= 0.3 is 5.97 Å². The number of thiophene rings is 1. The molecule has 5 nitrogen and oxygen atoms in total. The second-order valence-electron chi connectivity index (χ2n) is 3.84. The molecule has 0 radical (unpaired) electrons. The monoisotopic (exact) mass is 453 g/mol. The Labute approximate surface area is 142 Å². The van der Waals surface area contributed by atoms with Crippen LogP contribution in [0.5, 0.6) is 0 Å². The second kappa shape index (κ2) is 6.47. The molecule has 1 aromatic carbocycles. The van der Waals surface area contributed by atoms with Crippen molar-refractivity contribution in [3.63, 3.8) is 0 Å². The van der Waals surface area contributed by atoms with Crippen LogP contribution in [0.25, 0.3) is 0 Å². The lowest BCUT2D eigenvalue weighted by atomic mass is 10.4. The lowest BCUT2D eigenvalue weighted by Crippen LogP contribution is -2.15. The molecule has 0 saturated carbocycles. The van der Waals surface area contributed by atoms with E-state index in [9.17, 15) is 13.2 Å². The maximum Gasteiger partial charge on any atom is 0.350 e. The van der Waals surface area contributed by atoms with Gasteiger partial charge in [0.1, 0.15) is 9.77 Å². The van der Waals surface area contributed by atoms with Crippen LogP contribution in [0.4, 0.5) is 5.69 Å². The third kappa shape index (κ3) is 3.65. The molecule has 0 saturated heterocycles. The summed E-state index contributed by atoms with van der Waals surface area (Å²) in [6.07, 6.45) is 0. The Hall–Kier alpha value is -0.900. The molecule has 2 rings (SSSR count). The molecule has 0 amide bonds. The summed E-state index contributed by atoms with van der Waals surface area (Å²) in [6.45, 7) is 0. The summed E-state index contributed by atoms with van der Waals surface area (Å²) in [5.74, 6) is -0.586. The summed E-state index contributed by atoms with van der Waals surface area (Å²) < 4.78 is 33.0. The molecule has 0 aliphatic carbocycles. The molecule has 21 heavy (non-hydrogen) atoms. The normalized spacial score (nSPS) is 11.2. The van der Waals surface area contributed by atoms with Crippen LogP contribution < -0.4 is 4.72 Å². The second-order valence-corrected chi connectivity index (χ2v) is 8.17. The van der Waals surface area contributed by atoms with Crippen molar-refractivity contribution in [3.05, 3.63) is 43.5 Å². The topological polar surface area (TPSA) is 72.5 Å². The minimum absolute atomic E-state index is 0.0766. The molecule has 0 aliphatic rings. The fourth-order valence-corrected chi connectivity index (χ4v) is 5.18. The Kier molecular flexibility index (Phi) is 5.07. The molecular weight excluding hydrogens is 446 g/mol. The predicted molar refractivity (Wildman–Crippen MR) is 88.3 cm³/mol. The van der Waals surface area contributed by atoms with Gasteiger partial charge in [0.2, 0.25) is 0 Å². The molecule has 0 atom stereocenters. The number of carbonyl (C=O) groups is 1. The van der Waals surface area contributed by atoms with Crippen LogP contribution in [0, 0.1) is 0 Å². The van der Waals surface area contributed by atoms with Crippen molar-refractivity contribution in [1.82, 2.24) is 0 Å². The smallest absolute Gasteiger partial charge is 0.350 e. The van der Waals surface area contributed by atoms with Crippen molar-refractivity contribution in [2.24, 2.45) is 0 Å². The van der Waals surface area contributed by atoms with E-state index in [2.05, 4.69) is 41.3 Å². The molecule has 1 N–H and O–H groups in total. The molecule has 0 unspecified atom stereocenters. The highest BCUT2D eigenvalue weighted by atomic mass is 79.9. The number of carbonyl (C=O) groups excluding carboxylic acids is 1. The Morgan fingerprint density at radius 3 is 2.62 bits per heavy atom. The Morgan fingerprint density at radius 1 is 1.29 bits per heavy atom. The minimum Gasteiger partial charge on any atom is -0.465 e. The SMILES string of the molecule is COC(=O)c1sccc1NS(=O)(=O)c1ccc(Br)cc1Br. The van der Waals surface area contributed by atoms with Gasteiger partial charge in [-0.15, -0.1) is 11.3 Å². The van der Waals surface area contributed by atoms with Crippen LogP contribution in [0.15, 0.2) is 43.5 Å².